The second-order valence-corrected chi connectivity index (χ2v) is 6.82. The summed E-state index contributed by atoms with van der Waals surface area (Å²) in [6.45, 7) is 4.54. The number of hydrogen-bond donors (Lipinski definition) is 2. The molecular weight excluding hydrogens is 376 g/mol. The Morgan fingerprint density at radius 3 is 2.52 bits per heavy atom. The van der Waals surface area contributed by atoms with Crippen molar-refractivity contribution in [2.45, 2.75) is 13.0 Å². The van der Waals surface area contributed by atoms with Gasteiger partial charge >= 0.3 is 0 Å². The quantitative estimate of drug-likeness (QED) is 0.566. The second kappa shape index (κ2) is 8.78. The number of phenolic OH excluding ortho intramolecular Hbond substituents is 1. The third-order valence-corrected chi connectivity index (χ3v) is 5.12. The number of rotatable bonds is 6. The number of methoxy groups -OCH3 is 1. The lowest BCUT2D eigenvalue weighted by molar-refractivity contribution is -0.384. The average molecular weight is 400 g/mol. The van der Waals surface area contributed by atoms with E-state index in [0.717, 1.165) is 5.69 Å². The topological polar surface area (TPSA) is 108 Å². The number of nitrogens with one attached hydrogen (secondary N) is 1. The zero-order valence-electron chi connectivity index (χ0n) is 16.4. The molecule has 0 unspecified atom stereocenters. The number of anilines is 2. The minimum atomic E-state index is -0.513. The Kier molecular flexibility index (Phi) is 6.18. The molecular formula is C20H24N4O5. The minimum absolute atomic E-state index is 0.104. The molecule has 1 aliphatic heterocycles. The van der Waals surface area contributed by atoms with Gasteiger partial charge in [0, 0.05) is 32.2 Å². The van der Waals surface area contributed by atoms with E-state index < -0.39 is 4.92 Å². The van der Waals surface area contributed by atoms with Gasteiger partial charge < -0.3 is 20.1 Å². The molecule has 9 heteroatoms. The molecule has 0 aliphatic carbocycles. The van der Waals surface area contributed by atoms with Crippen molar-refractivity contribution in [2.24, 2.45) is 0 Å². The first-order chi connectivity index (χ1) is 13.9. The van der Waals surface area contributed by atoms with Gasteiger partial charge in [-0.05, 0) is 25.1 Å². The molecule has 1 heterocycles. The SMILES string of the molecule is COc1cc([N+](=O)[O-])ccc1NC(=O)[C@@H](C)N1CCN(c2ccccc2O)CC1. The number of ether oxygens (including phenoxy) is 1. The lowest BCUT2D eigenvalue weighted by atomic mass is 10.1. The summed E-state index contributed by atoms with van der Waals surface area (Å²) < 4.78 is 5.17. The maximum Gasteiger partial charge on any atom is 0.273 e. The molecule has 29 heavy (non-hydrogen) atoms. The van der Waals surface area contributed by atoms with Crippen LogP contribution >= 0.6 is 0 Å². The highest BCUT2D eigenvalue weighted by Gasteiger charge is 2.27. The van der Waals surface area contributed by atoms with E-state index in [1.807, 2.05) is 19.1 Å². The predicted octanol–water partition coefficient (Wildman–Crippen LogP) is 2.46. The van der Waals surface area contributed by atoms with Gasteiger partial charge in [0.2, 0.25) is 5.91 Å². The van der Waals surface area contributed by atoms with Crippen molar-refractivity contribution in [3.05, 3.63) is 52.6 Å². The molecule has 1 amide bonds. The first kappa shape index (κ1) is 20.4. The van der Waals surface area contributed by atoms with Crippen molar-refractivity contribution in [1.82, 2.24) is 4.90 Å². The maximum atomic E-state index is 12.7. The van der Waals surface area contributed by atoms with Gasteiger partial charge in [0.1, 0.15) is 11.5 Å². The largest absolute Gasteiger partial charge is 0.506 e. The third-order valence-electron chi connectivity index (χ3n) is 5.12. The van der Waals surface area contributed by atoms with Crippen LogP contribution in [-0.4, -0.2) is 60.2 Å². The number of para-hydroxylation sites is 2. The molecule has 2 aromatic rings. The summed E-state index contributed by atoms with van der Waals surface area (Å²) in [5.41, 5.74) is 1.08. The van der Waals surface area contributed by atoms with E-state index in [1.54, 1.807) is 12.1 Å². The second-order valence-electron chi connectivity index (χ2n) is 6.82. The summed E-state index contributed by atoms with van der Waals surface area (Å²) >= 11 is 0. The lowest BCUT2D eigenvalue weighted by Gasteiger charge is -2.38. The van der Waals surface area contributed by atoms with E-state index in [4.69, 9.17) is 4.74 Å². The molecule has 0 radical (unpaired) electrons. The Morgan fingerprint density at radius 1 is 1.21 bits per heavy atom. The first-order valence-electron chi connectivity index (χ1n) is 9.31. The van der Waals surface area contributed by atoms with Crippen molar-refractivity contribution >= 4 is 23.0 Å². The smallest absolute Gasteiger partial charge is 0.273 e. The summed E-state index contributed by atoms with van der Waals surface area (Å²) in [6.07, 6.45) is 0. The number of nitrogens with zero attached hydrogens (tertiary/aromatic N) is 3. The highest BCUT2D eigenvalue weighted by Crippen LogP contribution is 2.30. The number of non-ortho nitro benzene ring substituents is 1. The third kappa shape index (κ3) is 4.57. The molecule has 2 N–H and O–H groups in total. The number of hydrogen-bond acceptors (Lipinski definition) is 7. The van der Waals surface area contributed by atoms with E-state index >= 15 is 0 Å². The van der Waals surface area contributed by atoms with Gasteiger partial charge in [-0.25, -0.2) is 0 Å². The number of benzene rings is 2. The van der Waals surface area contributed by atoms with Crippen LogP contribution in [0.5, 0.6) is 11.5 Å². The number of nitro benzene ring substituents is 1. The summed E-state index contributed by atoms with van der Waals surface area (Å²) in [4.78, 5) is 27.3. The highest BCUT2D eigenvalue weighted by molar-refractivity contribution is 5.96. The molecule has 9 nitrogen and oxygen atoms in total. The number of amides is 1. The summed E-state index contributed by atoms with van der Waals surface area (Å²) in [5.74, 6) is 0.272. The zero-order valence-corrected chi connectivity index (χ0v) is 16.4. The number of aromatic hydroxyl groups is 1. The van der Waals surface area contributed by atoms with E-state index in [0.29, 0.717) is 31.9 Å². The van der Waals surface area contributed by atoms with E-state index in [1.165, 1.54) is 25.3 Å². The van der Waals surface area contributed by atoms with Crippen LogP contribution in [0.2, 0.25) is 0 Å². The number of carbonyl (C=O) groups excluding carboxylic acids is 1. The van der Waals surface area contributed by atoms with Crippen molar-refractivity contribution in [3.8, 4) is 11.5 Å². The van der Waals surface area contributed by atoms with Gasteiger partial charge in [-0.15, -0.1) is 0 Å². The molecule has 3 rings (SSSR count). The van der Waals surface area contributed by atoms with Crippen molar-refractivity contribution in [1.29, 1.82) is 0 Å². The number of piperazine rings is 1. The van der Waals surface area contributed by atoms with Gasteiger partial charge in [0.15, 0.2) is 0 Å². The zero-order chi connectivity index (χ0) is 21.0. The molecule has 2 aromatic carbocycles. The predicted molar refractivity (Wildman–Crippen MR) is 110 cm³/mol. The molecule has 1 aliphatic rings. The van der Waals surface area contributed by atoms with E-state index in [-0.39, 0.29) is 29.1 Å². The van der Waals surface area contributed by atoms with Crippen LogP contribution < -0.4 is 15.0 Å². The monoisotopic (exact) mass is 400 g/mol. The highest BCUT2D eigenvalue weighted by atomic mass is 16.6. The Morgan fingerprint density at radius 2 is 1.90 bits per heavy atom. The van der Waals surface area contributed by atoms with Crippen LogP contribution in [0.3, 0.4) is 0 Å². The summed E-state index contributed by atoms with van der Waals surface area (Å²) in [7, 11) is 1.40. The number of carbonyl (C=O) groups is 1. The van der Waals surface area contributed by atoms with E-state index in [2.05, 4.69) is 15.1 Å². The fourth-order valence-corrected chi connectivity index (χ4v) is 3.38. The van der Waals surface area contributed by atoms with Gasteiger partial charge in [-0.2, -0.15) is 0 Å². The Bertz CT molecular complexity index is 896. The van der Waals surface area contributed by atoms with Crippen LogP contribution in [0.4, 0.5) is 17.1 Å². The fraction of sp³-hybridized carbons (Fsp3) is 0.350. The van der Waals surface area contributed by atoms with Crippen LogP contribution in [0, 0.1) is 10.1 Å². The standard InChI is InChI=1S/C20H24N4O5/c1-14(20(26)21-16-8-7-15(24(27)28)13-19(16)29-2)22-9-11-23(12-10-22)17-5-3-4-6-18(17)25/h3-8,13-14,25H,9-12H2,1-2H3,(H,21,26)/t14-/m1/s1. The van der Waals surface area contributed by atoms with Gasteiger partial charge in [0.25, 0.3) is 5.69 Å². The molecule has 1 fully saturated rings. The number of phenols is 1. The van der Waals surface area contributed by atoms with Crippen LogP contribution in [0.15, 0.2) is 42.5 Å². The average Bonchev–Trinajstić information content (AvgIpc) is 2.73. The molecule has 154 valence electrons. The minimum Gasteiger partial charge on any atom is -0.506 e. The van der Waals surface area contributed by atoms with Crippen molar-refractivity contribution < 1.29 is 19.6 Å². The lowest BCUT2D eigenvalue weighted by Crippen LogP contribution is -2.52. The first-order valence-corrected chi connectivity index (χ1v) is 9.31. The normalized spacial score (nSPS) is 15.6. The summed E-state index contributed by atoms with van der Waals surface area (Å²) in [5, 5.41) is 23.7. The van der Waals surface area contributed by atoms with Gasteiger partial charge in [0.05, 0.1) is 35.5 Å². The van der Waals surface area contributed by atoms with Crippen LogP contribution in [0.25, 0.3) is 0 Å². The molecule has 0 saturated carbocycles. The molecule has 0 bridgehead atoms. The molecule has 1 saturated heterocycles. The Hall–Kier alpha value is -3.33. The molecule has 0 spiro atoms. The van der Waals surface area contributed by atoms with E-state index in [9.17, 15) is 20.0 Å². The van der Waals surface area contributed by atoms with Crippen LogP contribution in [0.1, 0.15) is 6.92 Å². The molecule has 1 atom stereocenters. The van der Waals surface area contributed by atoms with Crippen molar-refractivity contribution in [3.63, 3.8) is 0 Å². The van der Waals surface area contributed by atoms with Crippen LogP contribution in [-0.2, 0) is 4.79 Å². The van der Waals surface area contributed by atoms with Gasteiger partial charge in [-0.3, -0.25) is 19.8 Å². The molecule has 0 aromatic heterocycles. The Labute approximate surface area is 168 Å². The maximum absolute atomic E-state index is 12.7. The van der Waals surface area contributed by atoms with Crippen molar-refractivity contribution in [2.75, 3.05) is 43.5 Å². The summed E-state index contributed by atoms with van der Waals surface area (Å²) in [6, 6.07) is 10.9. The van der Waals surface area contributed by atoms with Gasteiger partial charge in [-0.1, -0.05) is 12.1 Å². The Balaban J connectivity index is 1.61. The fourth-order valence-electron chi connectivity index (χ4n) is 3.38. The number of nitro groups is 1.